The summed E-state index contributed by atoms with van der Waals surface area (Å²) in [4.78, 5) is 10.2. The average Bonchev–Trinajstić information content (AvgIpc) is 3.04. The number of nitrogens with zero attached hydrogens (tertiary/aromatic N) is 3. The average molecular weight is 383 g/mol. The van der Waals surface area contributed by atoms with Crippen molar-refractivity contribution in [3.63, 3.8) is 0 Å². The van der Waals surface area contributed by atoms with Crippen LogP contribution >= 0.6 is 39.0 Å². The van der Waals surface area contributed by atoms with Crippen LogP contribution in [0.25, 0.3) is 4.96 Å². The fraction of sp³-hybridized carbons (Fsp3) is 0.286. The molecule has 0 bridgehead atoms. The Balaban J connectivity index is 1.91. The summed E-state index contributed by atoms with van der Waals surface area (Å²) in [6.07, 6.45) is 5.01. The molecule has 0 aliphatic rings. The van der Waals surface area contributed by atoms with Gasteiger partial charge in [-0.05, 0) is 52.8 Å². The zero-order valence-electron chi connectivity index (χ0n) is 11.5. The van der Waals surface area contributed by atoms with E-state index in [4.69, 9.17) is 4.98 Å². The summed E-state index contributed by atoms with van der Waals surface area (Å²) in [6, 6.07) is 3.92. The molecule has 4 nitrogen and oxygen atoms in total. The quantitative estimate of drug-likeness (QED) is 0.648. The molecule has 3 aromatic heterocycles. The number of imidazole rings is 1. The van der Waals surface area contributed by atoms with Crippen molar-refractivity contribution in [3.05, 3.63) is 40.1 Å². The van der Waals surface area contributed by atoms with Crippen molar-refractivity contribution in [1.29, 1.82) is 0 Å². The predicted octanol–water partition coefficient (Wildman–Crippen LogP) is 4.20. The molecular weight excluding hydrogens is 368 g/mol. The van der Waals surface area contributed by atoms with Crippen LogP contribution in [0.1, 0.15) is 19.0 Å². The molecule has 0 atom stereocenters. The van der Waals surface area contributed by atoms with Crippen LogP contribution in [-0.4, -0.2) is 20.9 Å². The molecule has 0 aliphatic carbocycles. The molecule has 0 unspecified atom stereocenters. The molecule has 21 heavy (non-hydrogen) atoms. The maximum absolute atomic E-state index is 4.73. The van der Waals surface area contributed by atoms with E-state index in [9.17, 15) is 0 Å². The van der Waals surface area contributed by atoms with Crippen molar-refractivity contribution in [2.45, 2.75) is 29.9 Å². The summed E-state index contributed by atoms with van der Waals surface area (Å²) >= 11 is 6.81. The second-order valence-electron chi connectivity index (χ2n) is 4.49. The van der Waals surface area contributed by atoms with Crippen LogP contribution in [0.5, 0.6) is 0 Å². The van der Waals surface area contributed by atoms with Crippen LogP contribution < -0.4 is 5.32 Å². The van der Waals surface area contributed by atoms with Gasteiger partial charge in [-0.3, -0.25) is 4.40 Å². The van der Waals surface area contributed by atoms with Gasteiger partial charge < -0.3 is 5.32 Å². The Bertz CT molecular complexity index is 737. The minimum Gasteiger partial charge on any atom is -0.311 e. The van der Waals surface area contributed by atoms with Gasteiger partial charge >= 0.3 is 0 Å². The third kappa shape index (κ3) is 3.31. The second-order valence-corrected chi connectivity index (χ2v) is 7.19. The lowest BCUT2D eigenvalue weighted by Crippen LogP contribution is -2.15. The lowest BCUT2D eigenvalue weighted by atomic mass is 10.4. The SMILES string of the molecule is CCCNCc1c(Sc2ncccc2Br)nc2sccn12. The third-order valence-corrected chi connectivity index (χ3v) is 5.66. The van der Waals surface area contributed by atoms with Gasteiger partial charge in [0.2, 0.25) is 0 Å². The molecule has 0 aliphatic heterocycles. The van der Waals surface area contributed by atoms with Crippen LogP contribution in [0, 0.1) is 0 Å². The largest absolute Gasteiger partial charge is 0.311 e. The van der Waals surface area contributed by atoms with Gasteiger partial charge in [0.1, 0.15) is 10.1 Å². The van der Waals surface area contributed by atoms with Crippen LogP contribution in [0.15, 0.2) is 44.4 Å². The molecular formula is C14H15BrN4S2. The normalized spacial score (nSPS) is 11.3. The Morgan fingerprint density at radius 2 is 2.33 bits per heavy atom. The second kappa shape index (κ2) is 6.91. The monoisotopic (exact) mass is 382 g/mol. The minimum atomic E-state index is 0.818. The maximum atomic E-state index is 4.73. The molecule has 3 rings (SSSR count). The number of halogens is 1. The van der Waals surface area contributed by atoms with Gasteiger partial charge in [-0.25, -0.2) is 9.97 Å². The van der Waals surface area contributed by atoms with Gasteiger partial charge in [0.15, 0.2) is 4.96 Å². The van der Waals surface area contributed by atoms with E-state index in [0.717, 1.165) is 39.0 Å². The van der Waals surface area contributed by atoms with Crippen molar-refractivity contribution in [3.8, 4) is 0 Å². The minimum absolute atomic E-state index is 0.818. The molecule has 1 N–H and O–H groups in total. The van der Waals surface area contributed by atoms with Gasteiger partial charge in [-0.1, -0.05) is 6.92 Å². The summed E-state index contributed by atoms with van der Waals surface area (Å²) in [5, 5.41) is 7.49. The third-order valence-electron chi connectivity index (χ3n) is 2.96. The Labute approximate surface area is 140 Å². The van der Waals surface area contributed by atoms with Gasteiger partial charge in [-0.2, -0.15) is 0 Å². The first-order valence-electron chi connectivity index (χ1n) is 6.73. The number of thiazole rings is 1. The van der Waals surface area contributed by atoms with E-state index in [1.165, 1.54) is 5.69 Å². The first kappa shape index (κ1) is 15.0. The number of rotatable bonds is 6. The predicted molar refractivity (Wildman–Crippen MR) is 91.1 cm³/mol. The van der Waals surface area contributed by atoms with E-state index in [0.29, 0.717) is 0 Å². The fourth-order valence-corrected chi connectivity index (χ4v) is 4.15. The van der Waals surface area contributed by atoms with E-state index in [1.54, 1.807) is 29.3 Å². The summed E-state index contributed by atoms with van der Waals surface area (Å²) in [6.45, 7) is 4.00. The Kier molecular flexibility index (Phi) is 4.95. The van der Waals surface area contributed by atoms with E-state index in [1.807, 2.05) is 12.1 Å². The molecule has 0 fully saturated rings. The highest BCUT2D eigenvalue weighted by Crippen LogP contribution is 2.34. The number of fused-ring (bicyclic) bond motifs is 1. The molecule has 0 saturated carbocycles. The van der Waals surface area contributed by atoms with Crippen LogP contribution in [0.3, 0.4) is 0 Å². The van der Waals surface area contributed by atoms with E-state index in [-0.39, 0.29) is 0 Å². The highest BCUT2D eigenvalue weighted by molar-refractivity contribution is 9.10. The zero-order chi connectivity index (χ0) is 14.7. The Hall–Kier alpha value is -0.890. The molecule has 0 aromatic carbocycles. The highest BCUT2D eigenvalue weighted by Gasteiger charge is 2.15. The fourth-order valence-electron chi connectivity index (χ4n) is 1.98. The molecule has 3 aromatic rings. The van der Waals surface area contributed by atoms with Crippen molar-refractivity contribution < 1.29 is 0 Å². The smallest absolute Gasteiger partial charge is 0.194 e. The Morgan fingerprint density at radius 3 is 3.14 bits per heavy atom. The van der Waals surface area contributed by atoms with E-state index >= 15 is 0 Å². The molecule has 0 amide bonds. The van der Waals surface area contributed by atoms with Gasteiger partial charge in [0, 0.05) is 24.3 Å². The van der Waals surface area contributed by atoms with Crippen LogP contribution in [0.4, 0.5) is 0 Å². The van der Waals surface area contributed by atoms with E-state index in [2.05, 4.69) is 49.1 Å². The summed E-state index contributed by atoms with van der Waals surface area (Å²) < 4.78 is 3.16. The molecule has 7 heteroatoms. The van der Waals surface area contributed by atoms with Crippen LogP contribution in [-0.2, 0) is 6.54 Å². The summed E-state index contributed by atoms with van der Waals surface area (Å²) in [7, 11) is 0. The van der Waals surface area contributed by atoms with E-state index < -0.39 is 0 Å². The highest BCUT2D eigenvalue weighted by atomic mass is 79.9. The van der Waals surface area contributed by atoms with Crippen LogP contribution in [0.2, 0.25) is 0 Å². The van der Waals surface area contributed by atoms with Crippen molar-refractivity contribution in [1.82, 2.24) is 19.7 Å². The Morgan fingerprint density at radius 1 is 1.43 bits per heavy atom. The maximum Gasteiger partial charge on any atom is 0.194 e. The first-order chi connectivity index (χ1) is 10.3. The van der Waals surface area contributed by atoms with Crippen molar-refractivity contribution in [2.24, 2.45) is 0 Å². The topological polar surface area (TPSA) is 42.2 Å². The number of hydrogen-bond acceptors (Lipinski definition) is 5. The number of aromatic nitrogens is 3. The van der Waals surface area contributed by atoms with Gasteiger partial charge in [0.05, 0.1) is 10.2 Å². The van der Waals surface area contributed by atoms with Crippen molar-refractivity contribution >= 4 is 44.0 Å². The van der Waals surface area contributed by atoms with Gasteiger partial charge in [0.25, 0.3) is 0 Å². The number of nitrogens with one attached hydrogen (secondary N) is 1. The number of pyridine rings is 1. The molecule has 0 radical (unpaired) electrons. The first-order valence-corrected chi connectivity index (χ1v) is 9.22. The standard InChI is InChI=1S/C14H15BrN4S2/c1-2-5-16-9-11-13(18-14-19(11)7-8-20-14)21-12-10(15)4-3-6-17-12/h3-4,6-8,16H,2,5,9H2,1H3. The lowest BCUT2D eigenvalue weighted by molar-refractivity contribution is 0.653. The van der Waals surface area contributed by atoms with Crippen molar-refractivity contribution in [2.75, 3.05) is 6.54 Å². The lowest BCUT2D eigenvalue weighted by Gasteiger charge is -2.06. The number of hydrogen-bond donors (Lipinski definition) is 1. The molecule has 3 heterocycles. The molecule has 110 valence electrons. The van der Waals surface area contributed by atoms with Gasteiger partial charge in [-0.15, -0.1) is 11.3 Å². The zero-order valence-corrected chi connectivity index (χ0v) is 14.8. The molecule has 0 spiro atoms. The molecule has 0 saturated heterocycles. The summed E-state index contributed by atoms with van der Waals surface area (Å²) in [5.41, 5.74) is 1.20. The summed E-state index contributed by atoms with van der Waals surface area (Å²) in [5.74, 6) is 0.